The minimum absolute atomic E-state index is 0.694. The van der Waals surface area contributed by atoms with Crippen molar-refractivity contribution < 1.29 is 0 Å². The minimum atomic E-state index is 0.694. The molecule has 0 radical (unpaired) electrons. The van der Waals surface area contributed by atoms with Crippen molar-refractivity contribution in [2.75, 3.05) is 11.9 Å². The minimum Gasteiger partial charge on any atom is -0.355 e. The van der Waals surface area contributed by atoms with Gasteiger partial charge in [-0.25, -0.2) is 9.97 Å². The predicted octanol–water partition coefficient (Wildman–Crippen LogP) is 2.58. The van der Waals surface area contributed by atoms with Crippen molar-refractivity contribution in [2.45, 2.75) is 6.92 Å². The number of rotatable bonds is 2. The van der Waals surface area contributed by atoms with Gasteiger partial charge in [-0.2, -0.15) is 0 Å². The molecule has 1 N–H and O–H groups in total. The van der Waals surface area contributed by atoms with Gasteiger partial charge in [0, 0.05) is 18.9 Å². The summed E-state index contributed by atoms with van der Waals surface area (Å²) in [7, 11) is 0. The molecule has 0 bridgehead atoms. The fourth-order valence-corrected chi connectivity index (χ4v) is 1.21. The fraction of sp³-hybridized carbons (Fsp3) is 0.167. The van der Waals surface area contributed by atoms with Crippen LogP contribution in [0.4, 0.5) is 5.95 Å². The van der Waals surface area contributed by atoms with E-state index in [1.807, 2.05) is 6.92 Å². The highest BCUT2D eigenvalue weighted by atomic mass is 15.1. The summed E-state index contributed by atoms with van der Waals surface area (Å²) in [5, 5.41) is 2.99. The third-order valence-corrected chi connectivity index (χ3v) is 2.12. The molecule has 0 spiro atoms. The van der Waals surface area contributed by atoms with E-state index >= 15 is 0 Å². The number of nitrogens with zero attached hydrogens (tertiary/aromatic N) is 2. The fourth-order valence-electron chi connectivity index (χ4n) is 1.21. The topological polar surface area (TPSA) is 37.8 Å². The zero-order valence-corrected chi connectivity index (χ0v) is 8.64. The van der Waals surface area contributed by atoms with E-state index in [2.05, 4.69) is 39.6 Å². The molecule has 0 saturated heterocycles. The molecule has 76 valence electrons. The lowest BCUT2D eigenvalue weighted by molar-refractivity contribution is 1.08. The van der Waals surface area contributed by atoms with Crippen LogP contribution in [0.2, 0.25) is 0 Å². The van der Waals surface area contributed by atoms with Crippen molar-refractivity contribution in [3.05, 3.63) is 42.7 Å². The normalized spacial score (nSPS) is 9.93. The first kappa shape index (κ1) is 9.65. The highest BCUT2D eigenvalue weighted by Gasteiger charge is 2.03. The first-order chi connectivity index (χ1) is 7.40. The largest absolute Gasteiger partial charge is 0.355 e. The van der Waals surface area contributed by atoms with Crippen LogP contribution in [-0.2, 0) is 0 Å². The van der Waals surface area contributed by atoms with Crippen molar-refractivity contribution in [1.29, 1.82) is 0 Å². The van der Waals surface area contributed by atoms with Crippen molar-refractivity contribution in [3.8, 4) is 11.1 Å². The van der Waals surface area contributed by atoms with Gasteiger partial charge < -0.3 is 5.32 Å². The standard InChI is InChI=1S/C6H9N3.C6H4/c1-2-7-6-8-4-3-5-9-6;1-2-6-4-3-5(1)6/h3-5H,2H2,1H3,(H,7,8,9);1-4H. The van der Waals surface area contributed by atoms with E-state index in [0.717, 1.165) is 6.54 Å². The second-order valence-electron chi connectivity index (χ2n) is 3.18. The lowest BCUT2D eigenvalue weighted by atomic mass is 9.95. The summed E-state index contributed by atoms with van der Waals surface area (Å²) < 4.78 is 0. The molecule has 1 aromatic heterocycles. The van der Waals surface area contributed by atoms with Crippen LogP contribution >= 0.6 is 0 Å². The van der Waals surface area contributed by atoms with Crippen LogP contribution in [0.1, 0.15) is 6.92 Å². The number of nitrogens with one attached hydrogen (secondary N) is 1. The Morgan fingerprint density at radius 2 is 1.53 bits per heavy atom. The first-order valence-corrected chi connectivity index (χ1v) is 5.01. The molecule has 0 fully saturated rings. The van der Waals surface area contributed by atoms with Crippen molar-refractivity contribution in [1.82, 2.24) is 9.97 Å². The van der Waals surface area contributed by atoms with Crippen LogP contribution in [0, 0.1) is 0 Å². The van der Waals surface area contributed by atoms with Gasteiger partial charge in [0.2, 0.25) is 5.95 Å². The third-order valence-electron chi connectivity index (χ3n) is 2.12. The highest BCUT2D eigenvalue weighted by molar-refractivity contribution is 5.75. The molecule has 1 heterocycles. The van der Waals surface area contributed by atoms with Crippen LogP contribution in [0.3, 0.4) is 0 Å². The molecule has 1 aromatic rings. The molecule has 0 unspecified atom stereocenters. The van der Waals surface area contributed by atoms with Crippen LogP contribution in [0.5, 0.6) is 0 Å². The monoisotopic (exact) mass is 199 g/mol. The van der Waals surface area contributed by atoms with Crippen molar-refractivity contribution in [3.63, 3.8) is 0 Å². The van der Waals surface area contributed by atoms with Crippen LogP contribution < -0.4 is 5.32 Å². The Hall–Kier alpha value is -1.90. The Labute approximate surface area is 89.2 Å². The highest BCUT2D eigenvalue weighted by Crippen LogP contribution is 2.29. The predicted molar refractivity (Wildman–Crippen MR) is 61.6 cm³/mol. The molecule has 0 saturated carbocycles. The number of hydrogen-bond acceptors (Lipinski definition) is 3. The van der Waals surface area contributed by atoms with E-state index in [-0.39, 0.29) is 0 Å². The Morgan fingerprint density at radius 3 is 1.87 bits per heavy atom. The molecule has 3 rings (SSSR count). The Balaban J connectivity index is 0.000000121. The molecule has 15 heavy (non-hydrogen) atoms. The summed E-state index contributed by atoms with van der Waals surface area (Å²) in [6, 6.07) is 10.3. The van der Waals surface area contributed by atoms with E-state index in [0.29, 0.717) is 5.95 Å². The molecule has 3 nitrogen and oxygen atoms in total. The van der Waals surface area contributed by atoms with Gasteiger partial charge in [0.15, 0.2) is 0 Å². The van der Waals surface area contributed by atoms with Crippen molar-refractivity contribution in [2.24, 2.45) is 0 Å². The second kappa shape index (κ2) is 4.55. The van der Waals surface area contributed by atoms with Crippen LogP contribution in [-0.4, -0.2) is 16.5 Å². The van der Waals surface area contributed by atoms with Crippen LogP contribution in [0.25, 0.3) is 11.1 Å². The first-order valence-electron chi connectivity index (χ1n) is 5.01. The van der Waals surface area contributed by atoms with Crippen LogP contribution in [0.15, 0.2) is 42.7 Å². The van der Waals surface area contributed by atoms with E-state index in [9.17, 15) is 0 Å². The maximum absolute atomic E-state index is 3.95. The average Bonchev–Trinajstić information content (AvgIpc) is 2.26. The van der Waals surface area contributed by atoms with Gasteiger partial charge in [-0.05, 0) is 24.1 Å². The molecular weight excluding hydrogens is 186 g/mol. The number of hydrogen-bond donors (Lipinski definition) is 1. The molecular formula is C12H13N3. The maximum atomic E-state index is 3.95. The summed E-state index contributed by atoms with van der Waals surface area (Å²) in [4.78, 5) is 7.89. The Kier molecular flexibility index (Phi) is 2.93. The Morgan fingerprint density at radius 1 is 1.00 bits per heavy atom. The third kappa shape index (κ3) is 2.31. The van der Waals surface area contributed by atoms with Crippen molar-refractivity contribution >= 4 is 5.95 Å². The zero-order valence-electron chi connectivity index (χ0n) is 8.64. The van der Waals surface area contributed by atoms with Gasteiger partial charge in [0.1, 0.15) is 0 Å². The number of benzene rings is 1. The van der Waals surface area contributed by atoms with Gasteiger partial charge in [-0.15, -0.1) is 0 Å². The molecule has 2 aliphatic carbocycles. The average molecular weight is 199 g/mol. The summed E-state index contributed by atoms with van der Waals surface area (Å²) in [5.74, 6) is 0.694. The maximum Gasteiger partial charge on any atom is 0.222 e. The van der Waals surface area contributed by atoms with E-state index in [4.69, 9.17) is 0 Å². The van der Waals surface area contributed by atoms with E-state index < -0.39 is 0 Å². The molecule has 0 atom stereocenters. The molecule has 2 aliphatic rings. The van der Waals surface area contributed by atoms with Gasteiger partial charge in [-0.3, -0.25) is 0 Å². The lowest BCUT2D eigenvalue weighted by Crippen LogP contribution is -2.00. The van der Waals surface area contributed by atoms with Gasteiger partial charge in [-0.1, -0.05) is 24.3 Å². The molecule has 3 heteroatoms. The molecule has 0 aliphatic heterocycles. The number of aromatic nitrogens is 2. The van der Waals surface area contributed by atoms with Gasteiger partial charge in [0.25, 0.3) is 0 Å². The van der Waals surface area contributed by atoms with E-state index in [1.54, 1.807) is 18.5 Å². The zero-order chi connectivity index (χ0) is 10.5. The Bertz CT molecular complexity index is 388. The summed E-state index contributed by atoms with van der Waals surface area (Å²) in [5.41, 5.74) is 2.85. The van der Waals surface area contributed by atoms with E-state index in [1.165, 1.54) is 11.1 Å². The summed E-state index contributed by atoms with van der Waals surface area (Å²) in [6.45, 7) is 2.88. The quantitative estimate of drug-likeness (QED) is 0.689. The number of fused-ring (bicyclic) bond motifs is 1. The smallest absolute Gasteiger partial charge is 0.222 e. The van der Waals surface area contributed by atoms with Gasteiger partial charge in [0.05, 0.1) is 0 Å². The van der Waals surface area contributed by atoms with Gasteiger partial charge >= 0.3 is 0 Å². The summed E-state index contributed by atoms with van der Waals surface area (Å²) in [6.07, 6.45) is 3.43. The number of anilines is 1. The molecule has 0 amide bonds. The SMILES string of the molecule is CCNc1ncccn1.c1cc2ccc1-2. The lowest BCUT2D eigenvalue weighted by Gasteiger charge is -2.10. The molecule has 0 aromatic carbocycles. The summed E-state index contributed by atoms with van der Waals surface area (Å²) >= 11 is 0. The second-order valence-corrected chi connectivity index (χ2v) is 3.18.